The zero-order valence-electron chi connectivity index (χ0n) is 8.24. The van der Waals surface area contributed by atoms with Crippen LogP contribution in [-0.2, 0) is 4.79 Å². The Morgan fingerprint density at radius 3 is 2.46 bits per heavy atom. The van der Waals surface area contributed by atoms with Gasteiger partial charge < -0.3 is 10.4 Å². The monoisotopic (exact) mass is 184 g/mol. The maximum Gasteiger partial charge on any atom is 0.237 e. The summed E-state index contributed by atoms with van der Waals surface area (Å²) in [5.74, 6) is -0.904. The summed E-state index contributed by atoms with van der Waals surface area (Å²) in [7, 11) is 0. The molecule has 4 nitrogen and oxygen atoms in total. The number of nitrogens with one attached hydrogen (secondary N) is 1. The fraction of sp³-hybridized carbons (Fsp3) is 0.778. The molecule has 0 aliphatic rings. The average Bonchev–Trinajstić information content (AvgIpc) is 2.14. The van der Waals surface area contributed by atoms with Gasteiger partial charge in [-0.25, -0.2) is 0 Å². The topological polar surface area (TPSA) is 73.1 Å². The minimum Gasteiger partial charge on any atom is -0.396 e. The second-order valence-electron chi connectivity index (χ2n) is 3.31. The standard InChI is InChI=1S/C9H16N2O2/c1-6(4-10)9(13)11-8(3)7(2)5-12/h6-8,12H,5H2,1-3H3,(H,11,13). The second kappa shape index (κ2) is 5.55. The van der Waals surface area contributed by atoms with Gasteiger partial charge in [0, 0.05) is 12.6 Å². The van der Waals surface area contributed by atoms with Gasteiger partial charge in [0.05, 0.1) is 6.07 Å². The molecule has 0 saturated heterocycles. The number of carbonyl (C=O) groups is 1. The smallest absolute Gasteiger partial charge is 0.237 e. The van der Waals surface area contributed by atoms with Crippen LogP contribution in [0.15, 0.2) is 0 Å². The molecule has 0 aliphatic heterocycles. The summed E-state index contributed by atoms with van der Waals surface area (Å²) >= 11 is 0. The van der Waals surface area contributed by atoms with Crippen molar-refractivity contribution in [3.63, 3.8) is 0 Å². The van der Waals surface area contributed by atoms with E-state index < -0.39 is 5.92 Å². The third kappa shape index (κ3) is 3.90. The molecule has 3 unspecified atom stereocenters. The first-order valence-corrected chi connectivity index (χ1v) is 4.33. The molecular formula is C9H16N2O2. The molecule has 0 aromatic rings. The Balaban J connectivity index is 4.00. The van der Waals surface area contributed by atoms with Crippen molar-refractivity contribution in [2.75, 3.05) is 6.61 Å². The summed E-state index contributed by atoms with van der Waals surface area (Å²) in [5.41, 5.74) is 0. The highest BCUT2D eigenvalue weighted by atomic mass is 16.3. The van der Waals surface area contributed by atoms with Crippen LogP contribution in [-0.4, -0.2) is 23.7 Å². The lowest BCUT2D eigenvalue weighted by atomic mass is 10.0. The predicted octanol–water partition coefficient (Wildman–Crippen LogP) is 0.279. The van der Waals surface area contributed by atoms with Crippen molar-refractivity contribution in [3.05, 3.63) is 0 Å². The fourth-order valence-corrected chi connectivity index (χ4v) is 0.708. The molecule has 1 amide bonds. The normalized spacial score (nSPS) is 16.8. The number of carbonyl (C=O) groups excluding carboxylic acids is 1. The molecule has 0 aromatic carbocycles. The number of aliphatic hydroxyl groups excluding tert-OH is 1. The quantitative estimate of drug-likeness (QED) is 0.659. The largest absolute Gasteiger partial charge is 0.396 e. The number of amides is 1. The van der Waals surface area contributed by atoms with Gasteiger partial charge in [0.15, 0.2) is 0 Å². The molecule has 0 rings (SSSR count). The molecule has 0 spiro atoms. The van der Waals surface area contributed by atoms with Gasteiger partial charge in [0.25, 0.3) is 0 Å². The molecule has 74 valence electrons. The molecule has 4 heteroatoms. The number of hydrogen-bond acceptors (Lipinski definition) is 3. The van der Waals surface area contributed by atoms with Gasteiger partial charge in [-0.15, -0.1) is 0 Å². The Bertz CT molecular complexity index is 210. The van der Waals surface area contributed by atoms with E-state index in [1.165, 1.54) is 0 Å². The second-order valence-corrected chi connectivity index (χ2v) is 3.31. The van der Waals surface area contributed by atoms with Crippen molar-refractivity contribution in [3.8, 4) is 6.07 Å². The first-order chi connectivity index (χ1) is 6.02. The number of nitrogens with zero attached hydrogens (tertiary/aromatic N) is 1. The lowest BCUT2D eigenvalue weighted by Crippen LogP contribution is -2.40. The van der Waals surface area contributed by atoms with Crippen molar-refractivity contribution >= 4 is 5.91 Å². The first-order valence-electron chi connectivity index (χ1n) is 4.33. The Morgan fingerprint density at radius 1 is 1.54 bits per heavy atom. The average molecular weight is 184 g/mol. The van der Waals surface area contributed by atoms with Crippen LogP contribution in [0.2, 0.25) is 0 Å². The number of nitriles is 1. The fourth-order valence-electron chi connectivity index (χ4n) is 0.708. The first kappa shape index (κ1) is 11.9. The molecule has 0 aromatic heterocycles. The van der Waals surface area contributed by atoms with E-state index in [1.807, 2.05) is 19.9 Å². The highest BCUT2D eigenvalue weighted by molar-refractivity contribution is 5.80. The zero-order valence-corrected chi connectivity index (χ0v) is 8.24. The van der Waals surface area contributed by atoms with Gasteiger partial charge in [-0.05, 0) is 19.8 Å². The Kier molecular flexibility index (Phi) is 5.09. The van der Waals surface area contributed by atoms with Gasteiger partial charge >= 0.3 is 0 Å². The third-order valence-electron chi connectivity index (χ3n) is 2.10. The van der Waals surface area contributed by atoms with Crippen molar-refractivity contribution in [1.29, 1.82) is 5.26 Å². The van der Waals surface area contributed by atoms with Crippen molar-refractivity contribution in [1.82, 2.24) is 5.32 Å². The van der Waals surface area contributed by atoms with E-state index in [9.17, 15) is 4.79 Å². The van der Waals surface area contributed by atoms with Crippen molar-refractivity contribution in [2.45, 2.75) is 26.8 Å². The third-order valence-corrected chi connectivity index (χ3v) is 2.10. The van der Waals surface area contributed by atoms with E-state index in [4.69, 9.17) is 10.4 Å². The van der Waals surface area contributed by atoms with E-state index in [0.717, 1.165) is 0 Å². The molecule has 0 bridgehead atoms. The molecule has 13 heavy (non-hydrogen) atoms. The van der Waals surface area contributed by atoms with E-state index in [1.54, 1.807) is 6.92 Å². The lowest BCUT2D eigenvalue weighted by Gasteiger charge is -2.19. The van der Waals surface area contributed by atoms with Crippen LogP contribution < -0.4 is 5.32 Å². The minimum atomic E-state index is -0.631. The minimum absolute atomic E-state index is 0.00911. The molecule has 0 heterocycles. The van der Waals surface area contributed by atoms with Crippen LogP contribution in [0.1, 0.15) is 20.8 Å². The van der Waals surface area contributed by atoms with Crippen molar-refractivity contribution in [2.24, 2.45) is 11.8 Å². The molecule has 0 radical (unpaired) electrons. The zero-order chi connectivity index (χ0) is 10.4. The summed E-state index contributed by atoms with van der Waals surface area (Å²) in [5, 5.41) is 19.9. The van der Waals surface area contributed by atoms with E-state index in [2.05, 4.69) is 5.32 Å². The number of hydrogen-bond donors (Lipinski definition) is 2. The maximum atomic E-state index is 11.2. The van der Waals surface area contributed by atoms with Gasteiger partial charge in [-0.2, -0.15) is 5.26 Å². The molecule has 3 atom stereocenters. The molecule has 0 fully saturated rings. The predicted molar refractivity (Wildman–Crippen MR) is 48.6 cm³/mol. The van der Waals surface area contributed by atoms with Gasteiger partial charge in [0.2, 0.25) is 5.91 Å². The molecule has 2 N–H and O–H groups in total. The van der Waals surface area contributed by atoms with E-state index >= 15 is 0 Å². The van der Waals surface area contributed by atoms with Crippen molar-refractivity contribution < 1.29 is 9.90 Å². The van der Waals surface area contributed by atoms with Gasteiger partial charge in [-0.1, -0.05) is 6.92 Å². The summed E-state index contributed by atoms with van der Waals surface area (Å²) in [6.07, 6.45) is 0. The van der Waals surface area contributed by atoms with Crippen LogP contribution in [0.4, 0.5) is 0 Å². The number of rotatable bonds is 4. The van der Waals surface area contributed by atoms with E-state index in [-0.39, 0.29) is 24.5 Å². The Labute approximate surface area is 78.6 Å². The van der Waals surface area contributed by atoms with Gasteiger partial charge in [-0.3, -0.25) is 4.79 Å². The highest BCUT2D eigenvalue weighted by Gasteiger charge is 2.17. The Morgan fingerprint density at radius 2 is 2.08 bits per heavy atom. The van der Waals surface area contributed by atoms with Gasteiger partial charge in [0.1, 0.15) is 5.92 Å². The number of aliphatic hydroxyl groups is 1. The molecule has 0 aliphatic carbocycles. The molecular weight excluding hydrogens is 168 g/mol. The van der Waals surface area contributed by atoms with Crippen LogP contribution in [0.5, 0.6) is 0 Å². The lowest BCUT2D eigenvalue weighted by molar-refractivity contribution is -0.123. The van der Waals surface area contributed by atoms with Crippen LogP contribution in [0.25, 0.3) is 0 Å². The highest BCUT2D eigenvalue weighted by Crippen LogP contribution is 2.02. The molecule has 0 saturated carbocycles. The SMILES string of the molecule is CC(C#N)C(=O)NC(C)C(C)CO. The maximum absolute atomic E-state index is 11.2. The summed E-state index contributed by atoms with van der Waals surface area (Å²) < 4.78 is 0. The Hall–Kier alpha value is -1.08. The van der Waals surface area contributed by atoms with E-state index in [0.29, 0.717) is 0 Å². The van der Waals surface area contributed by atoms with Crippen LogP contribution >= 0.6 is 0 Å². The summed E-state index contributed by atoms with van der Waals surface area (Å²) in [6.45, 7) is 5.22. The summed E-state index contributed by atoms with van der Waals surface area (Å²) in [4.78, 5) is 11.2. The van der Waals surface area contributed by atoms with Crippen LogP contribution in [0.3, 0.4) is 0 Å². The summed E-state index contributed by atoms with van der Waals surface area (Å²) in [6, 6.07) is 1.75. The van der Waals surface area contributed by atoms with Crippen LogP contribution in [0, 0.1) is 23.2 Å².